The van der Waals surface area contributed by atoms with Gasteiger partial charge >= 0.3 is 5.24 Å². The molecule has 0 bridgehead atoms. The molecule has 2 rings (SSSR count). The second-order valence-corrected chi connectivity index (χ2v) is 4.75. The zero-order valence-corrected chi connectivity index (χ0v) is 8.88. The monoisotopic (exact) mass is 209 g/mol. The molecule has 0 saturated heterocycles. The van der Waals surface area contributed by atoms with Crippen molar-refractivity contribution in [2.75, 3.05) is 7.05 Å². The van der Waals surface area contributed by atoms with Gasteiger partial charge in [0.25, 0.3) is 0 Å². The number of carbonyl (C=O) groups excluding carboxylic acids is 1. The quantitative estimate of drug-likeness (QED) is 0.609. The van der Waals surface area contributed by atoms with Crippen LogP contribution >= 0.6 is 0 Å². The van der Waals surface area contributed by atoms with Crippen LogP contribution in [0.3, 0.4) is 0 Å². The third kappa shape index (κ3) is 1.26. The summed E-state index contributed by atoms with van der Waals surface area (Å²) in [5.41, 5.74) is 0.758. The first-order chi connectivity index (χ1) is 6.61. The van der Waals surface area contributed by atoms with Crippen molar-refractivity contribution in [1.82, 2.24) is 4.90 Å². The fraction of sp³-hybridized carbons (Fsp3) is 0.300. The first-order valence-corrected chi connectivity index (χ1v) is 5.56. The van der Waals surface area contributed by atoms with Crippen LogP contribution in [0.25, 0.3) is 0 Å². The Kier molecular flexibility index (Phi) is 2.15. The molecule has 2 unspecified atom stereocenters. The van der Waals surface area contributed by atoms with Crippen molar-refractivity contribution < 1.29 is 9.00 Å². The first-order valence-electron chi connectivity index (χ1n) is 4.41. The molecule has 0 N–H and O–H groups in total. The molecule has 2 aliphatic rings. The Hall–Kier alpha value is -1.16. The molecule has 4 heteroatoms. The molecule has 2 atom stereocenters. The molecule has 0 aromatic rings. The van der Waals surface area contributed by atoms with Gasteiger partial charge in [0.15, 0.2) is 0 Å². The molecule has 74 valence electrons. The first kappa shape index (κ1) is 9.40. The van der Waals surface area contributed by atoms with Crippen molar-refractivity contribution in [3.8, 4) is 0 Å². The highest BCUT2D eigenvalue weighted by Crippen LogP contribution is 2.28. The van der Waals surface area contributed by atoms with Gasteiger partial charge < -0.3 is 4.90 Å². The minimum atomic E-state index is -1.51. The second-order valence-electron chi connectivity index (χ2n) is 3.42. The van der Waals surface area contributed by atoms with Gasteiger partial charge in [-0.05, 0) is 18.1 Å². The zero-order chi connectivity index (χ0) is 10.3. The smallest absolute Gasteiger partial charge is 0.303 e. The van der Waals surface area contributed by atoms with Gasteiger partial charge in [-0.1, -0.05) is 19.1 Å². The lowest BCUT2D eigenvalue weighted by atomic mass is 10.2. The van der Waals surface area contributed by atoms with Crippen LogP contribution in [0.1, 0.15) is 6.92 Å². The topological polar surface area (TPSA) is 37.4 Å². The molecule has 0 radical (unpaired) electrons. The molecule has 1 heterocycles. The number of nitrogens with zero attached hydrogens (tertiary/aromatic N) is 1. The van der Waals surface area contributed by atoms with Crippen molar-refractivity contribution in [3.05, 3.63) is 34.9 Å². The van der Waals surface area contributed by atoms with Gasteiger partial charge in [0.2, 0.25) is 0 Å². The summed E-state index contributed by atoms with van der Waals surface area (Å²) in [4.78, 5) is 13.5. The molecule has 0 spiro atoms. The highest BCUT2D eigenvalue weighted by molar-refractivity contribution is 8.04. The summed E-state index contributed by atoms with van der Waals surface area (Å²) < 4.78 is 11.6. The molecule has 0 aromatic heterocycles. The van der Waals surface area contributed by atoms with Crippen LogP contribution < -0.4 is 0 Å². The third-order valence-corrected chi connectivity index (χ3v) is 3.69. The highest BCUT2D eigenvalue weighted by atomic mass is 32.2. The lowest BCUT2D eigenvalue weighted by molar-refractivity contribution is 0.243. The third-order valence-electron chi connectivity index (χ3n) is 2.35. The largest absolute Gasteiger partial charge is 0.320 e. The number of likely N-dealkylation sites (N-methyl/N-ethyl adjacent to an activating group) is 1. The number of allylic oxidation sites excluding steroid dienone is 4. The molecule has 1 amide bonds. The van der Waals surface area contributed by atoms with Crippen LogP contribution in [0.15, 0.2) is 34.9 Å². The van der Waals surface area contributed by atoms with Crippen LogP contribution in [-0.4, -0.2) is 21.4 Å². The average molecular weight is 209 g/mol. The lowest BCUT2D eigenvalue weighted by Gasteiger charge is -2.08. The van der Waals surface area contributed by atoms with Crippen LogP contribution in [-0.2, 0) is 10.8 Å². The summed E-state index contributed by atoms with van der Waals surface area (Å²) in [6.45, 7) is 2.04. The van der Waals surface area contributed by atoms with Crippen molar-refractivity contribution in [3.63, 3.8) is 0 Å². The molecule has 0 fully saturated rings. The van der Waals surface area contributed by atoms with E-state index in [0.29, 0.717) is 10.8 Å². The van der Waals surface area contributed by atoms with E-state index in [1.165, 1.54) is 4.90 Å². The summed E-state index contributed by atoms with van der Waals surface area (Å²) in [5.74, 6) is 0.320. The number of hydrogen-bond donors (Lipinski definition) is 0. The molecule has 0 aromatic carbocycles. The van der Waals surface area contributed by atoms with Gasteiger partial charge in [0.05, 0.1) is 10.6 Å². The van der Waals surface area contributed by atoms with Gasteiger partial charge in [0, 0.05) is 7.05 Å². The SMILES string of the molecule is CC1C=CC2=C(C=C1)S(=O)C(=O)N2C. The number of hydrogen-bond acceptors (Lipinski definition) is 2. The van der Waals surface area contributed by atoms with Crippen LogP contribution in [0.5, 0.6) is 0 Å². The summed E-state index contributed by atoms with van der Waals surface area (Å²) in [5, 5.41) is -0.334. The highest BCUT2D eigenvalue weighted by Gasteiger charge is 2.32. The van der Waals surface area contributed by atoms with Crippen LogP contribution in [0.4, 0.5) is 4.79 Å². The Bertz CT molecular complexity index is 406. The van der Waals surface area contributed by atoms with E-state index in [1.54, 1.807) is 13.1 Å². The van der Waals surface area contributed by atoms with E-state index < -0.39 is 10.8 Å². The normalized spacial score (nSPS) is 31.0. The Morgan fingerprint density at radius 1 is 1.36 bits per heavy atom. The van der Waals surface area contributed by atoms with E-state index in [1.807, 2.05) is 25.2 Å². The number of amides is 1. The van der Waals surface area contributed by atoms with E-state index in [9.17, 15) is 9.00 Å². The van der Waals surface area contributed by atoms with E-state index in [0.717, 1.165) is 5.70 Å². The minimum absolute atomic E-state index is 0.320. The van der Waals surface area contributed by atoms with Crippen molar-refractivity contribution in [1.29, 1.82) is 0 Å². The number of carbonyl (C=O) groups is 1. The maximum absolute atomic E-state index is 11.6. The van der Waals surface area contributed by atoms with Gasteiger partial charge in [-0.3, -0.25) is 4.79 Å². The van der Waals surface area contributed by atoms with Crippen LogP contribution in [0.2, 0.25) is 0 Å². The summed E-state index contributed by atoms with van der Waals surface area (Å²) in [7, 11) is 0.138. The summed E-state index contributed by atoms with van der Waals surface area (Å²) >= 11 is 0. The zero-order valence-electron chi connectivity index (χ0n) is 8.06. The molecular weight excluding hydrogens is 198 g/mol. The predicted molar refractivity (Wildman–Crippen MR) is 55.8 cm³/mol. The van der Waals surface area contributed by atoms with E-state index >= 15 is 0 Å². The second kappa shape index (κ2) is 3.20. The predicted octanol–water partition coefficient (Wildman–Crippen LogP) is 1.77. The van der Waals surface area contributed by atoms with E-state index in [-0.39, 0.29) is 5.24 Å². The Morgan fingerprint density at radius 3 is 2.71 bits per heavy atom. The summed E-state index contributed by atoms with van der Waals surface area (Å²) in [6.07, 6.45) is 7.59. The summed E-state index contributed by atoms with van der Waals surface area (Å²) in [6, 6.07) is 0. The molecule has 14 heavy (non-hydrogen) atoms. The molecule has 3 nitrogen and oxygen atoms in total. The maximum Gasteiger partial charge on any atom is 0.320 e. The van der Waals surface area contributed by atoms with E-state index in [4.69, 9.17) is 0 Å². The molecule has 0 saturated carbocycles. The fourth-order valence-electron chi connectivity index (χ4n) is 1.46. The maximum atomic E-state index is 11.6. The Morgan fingerprint density at radius 2 is 2.00 bits per heavy atom. The van der Waals surface area contributed by atoms with Crippen molar-refractivity contribution in [2.45, 2.75) is 6.92 Å². The Labute approximate surface area is 85.2 Å². The fourth-order valence-corrected chi connectivity index (χ4v) is 2.60. The average Bonchev–Trinajstić information content (AvgIpc) is 2.34. The van der Waals surface area contributed by atoms with Gasteiger partial charge in [0.1, 0.15) is 10.8 Å². The minimum Gasteiger partial charge on any atom is -0.303 e. The Balaban J connectivity index is 2.50. The van der Waals surface area contributed by atoms with Crippen LogP contribution in [0, 0.1) is 5.92 Å². The number of rotatable bonds is 0. The molecule has 1 aliphatic carbocycles. The molecule has 1 aliphatic heterocycles. The van der Waals surface area contributed by atoms with Crippen molar-refractivity contribution in [2.24, 2.45) is 5.92 Å². The van der Waals surface area contributed by atoms with Gasteiger partial charge in [-0.15, -0.1) is 0 Å². The van der Waals surface area contributed by atoms with Crippen molar-refractivity contribution >= 4 is 16.0 Å². The standard InChI is InChI=1S/C10H11NO2S/c1-7-3-5-8-9(6-4-7)14(13)10(12)11(8)2/h3-7H,1-2H3. The van der Waals surface area contributed by atoms with E-state index in [2.05, 4.69) is 0 Å². The molecular formula is C10H11NO2S. The lowest BCUT2D eigenvalue weighted by Crippen LogP contribution is -2.19. The van der Waals surface area contributed by atoms with Gasteiger partial charge in [-0.2, -0.15) is 0 Å². The van der Waals surface area contributed by atoms with Gasteiger partial charge in [-0.25, -0.2) is 4.21 Å².